The Morgan fingerprint density at radius 3 is 2.00 bits per heavy atom. The molecule has 0 radical (unpaired) electrons. The van der Waals surface area contributed by atoms with Crippen molar-refractivity contribution < 1.29 is 25.9 Å². The van der Waals surface area contributed by atoms with Crippen molar-refractivity contribution >= 4 is 9.21 Å². The molecule has 0 spiro atoms. The van der Waals surface area contributed by atoms with Crippen LogP contribution in [-0.4, -0.2) is 10.2 Å². The quantitative estimate of drug-likeness (QED) is 0.121. The normalized spacial score (nSPS) is 11.9. The van der Waals surface area contributed by atoms with Gasteiger partial charge in [-0.2, -0.15) is 5.53 Å². The number of rotatable bonds is 13. The van der Waals surface area contributed by atoms with Gasteiger partial charge >= 0.3 is 81.6 Å². The van der Waals surface area contributed by atoms with E-state index in [1.807, 2.05) is 18.2 Å². The fourth-order valence-corrected chi connectivity index (χ4v) is 3.42. The van der Waals surface area contributed by atoms with Gasteiger partial charge in [-0.3, -0.25) is 0 Å². The number of hydrogen-bond donors (Lipinski definition) is 3. The second kappa shape index (κ2) is 19.4. The van der Waals surface area contributed by atoms with E-state index < -0.39 is 0 Å². The third-order valence-electron chi connectivity index (χ3n) is 5.07. The molecule has 0 aromatic heterocycles. The zero-order valence-corrected chi connectivity index (χ0v) is 23.4. The Kier molecular flexibility index (Phi) is 16.4. The Bertz CT molecular complexity index is 1210. The molecular formula is C21H29N13O2SV. The predicted molar refractivity (Wildman–Crippen MR) is 136 cm³/mol. The van der Waals surface area contributed by atoms with Crippen LogP contribution in [0, 0.1) is 5.53 Å². The van der Waals surface area contributed by atoms with Crippen LogP contribution in [0.5, 0.6) is 11.5 Å². The van der Waals surface area contributed by atoms with Crippen molar-refractivity contribution in [2.24, 2.45) is 61.9 Å². The number of hydrogen-bond acceptors (Lipinski definition) is 3. The van der Waals surface area contributed by atoms with Crippen molar-refractivity contribution in [3.8, 4) is 22.6 Å². The van der Waals surface area contributed by atoms with Gasteiger partial charge in [-0.15, -0.1) is 0 Å². The van der Waals surface area contributed by atoms with Crippen LogP contribution >= 0.6 is 0 Å². The third-order valence-corrected chi connectivity index (χ3v) is 5.56. The molecule has 0 saturated heterocycles. The first-order chi connectivity index (χ1) is 18.4. The van der Waals surface area contributed by atoms with Crippen molar-refractivity contribution in [2.75, 3.05) is 0 Å². The average molecular weight is 579 g/mol. The zero-order valence-electron chi connectivity index (χ0n) is 21.2. The molecule has 17 heteroatoms. The summed E-state index contributed by atoms with van der Waals surface area (Å²) in [5.74, 6) is 0.483. The zero-order chi connectivity index (χ0) is 28.1. The van der Waals surface area contributed by atoms with Gasteiger partial charge in [-0.25, -0.2) is 0 Å². The molecule has 2 aromatic carbocycles. The topological polar surface area (TPSA) is 213 Å². The summed E-state index contributed by atoms with van der Waals surface area (Å²) >= 11 is 2.10. The van der Waals surface area contributed by atoms with E-state index in [9.17, 15) is 10.2 Å². The minimum atomic E-state index is 0.0581. The molecule has 2 rings (SSSR count). The molecule has 2 aromatic rings. The van der Waals surface area contributed by atoms with E-state index in [1.54, 1.807) is 18.2 Å². The summed E-state index contributed by atoms with van der Waals surface area (Å²) in [4.78, 5) is 0. The monoisotopic (exact) mass is 578 g/mol. The van der Waals surface area contributed by atoms with Crippen molar-refractivity contribution in [1.29, 1.82) is 5.53 Å². The fraction of sp³-hybridized carbons (Fsp3) is 0.429. The summed E-state index contributed by atoms with van der Waals surface area (Å²) < 4.78 is 3.36. The molecule has 0 saturated carbocycles. The Balaban J connectivity index is 0.000000420. The molecule has 15 nitrogen and oxygen atoms in total. The minimum absolute atomic E-state index is 0.0581. The van der Waals surface area contributed by atoms with Crippen LogP contribution in [0.3, 0.4) is 0 Å². The van der Waals surface area contributed by atoms with Crippen LogP contribution in [0.2, 0.25) is 0 Å². The van der Waals surface area contributed by atoms with Gasteiger partial charge in [0.25, 0.3) is 0 Å². The molecule has 0 bridgehead atoms. The first kappa shape index (κ1) is 32.3. The summed E-state index contributed by atoms with van der Waals surface area (Å²) in [7, 11) is 1.05. The second-order valence-electron chi connectivity index (χ2n) is 8.13. The first-order valence-electron chi connectivity index (χ1n) is 11.4. The van der Waals surface area contributed by atoms with Gasteiger partial charge in [0.05, 0.1) is 0 Å². The number of phenolic OH excluding ortho intramolecular Hbond substituents is 2. The molecule has 0 unspecified atom stereocenters. The van der Waals surface area contributed by atoms with Crippen LogP contribution in [-0.2, 0) is 30.4 Å². The summed E-state index contributed by atoms with van der Waals surface area (Å²) in [5.41, 5.74) is 8.98. The SMILES string of the molecule is CCCCCCC(C)(C)c1ccc(-c2cccc(O)c2)c(O)c1.N=N/N=N/N=N/N=N/N=N/N=N/N=[S]=[V]. The Morgan fingerprint density at radius 2 is 1.45 bits per heavy atom. The van der Waals surface area contributed by atoms with Crippen LogP contribution in [0.15, 0.2) is 104 Å². The number of nitrogens with zero attached hydrogens (tertiary/aromatic N) is 12. The fourth-order valence-electron chi connectivity index (χ4n) is 3.20. The van der Waals surface area contributed by atoms with Gasteiger partial charge in [0, 0.05) is 5.56 Å². The number of aromatic hydroxyl groups is 2. The summed E-state index contributed by atoms with van der Waals surface area (Å²) in [6.07, 6.45) is 6.15. The summed E-state index contributed by atoms with van der Waals surface area (Å²) in [5, 5.41) is 52.4. The van der Waals surface area contributed by atoms with E-state index in [2.05, 4.69) is 104 Å². The predicted octanol–water partition coefficient (Wildman–Crippen LogP) is 8.51. The number of phenols is 2. The van der Waals surface area contributed by atoms with Crippen LogP contribution < -0.4 is 0 Å². The number of benzene rings is 2. The molecule has 201 valence electrons. The van der Waals surface area contributed by atoms with E-state index in [0.717, 1.165) is 32.3 Å². The van der Waals surface area contributed by atoms with Crippen LogP contribution in [0.4, 0.5) is 0 Å². The van der Waals surface area contributed by atoms with E-state index in [-0.39, 0.29) is 16.9 Å². The molecule has 0 amide bonds. The van der Waals surface area contributed by atoms with Crippen LogP contribution in [0.1, 0.15) is 58.4 Å². The van der Waals surface area contributed by atoms with Crippen molar-refractivity contribution in [3.63, 3.8) is 0 Å². The maximum atomic E-state index is 10.4. The second-order valence-corrected chi connectivity index (χ2v) is 9.23. The van der Waals surface area contributed by atoms with E-state index in [1.165, 1.54) is 25.7 Å². The molecule has 38 heavy (non-hydrogen) atoms. The van der Waals surface area contributed by atoms with Gasteiger partial charge in [0.15, 0.2) is 0 Å². The molecular weight excluding hydrogens is 549 g/mol. The maximum absolute atomic E-state index is 10.4. The van der Waals surface area contributed by atoms with Crippen LogP contribution in [0.25, 0.3) is 11.1 Å². The molecule has 0 atom stereocenters. The van der Waals surface area contributed by atoms with Crippen molar-refractivity contribution in [3.05, 3.63) is 48.0 Å². The summed E-state index contributed by atoms with van der Waals surface area (Å²) in [6.45, 7) is 6.70. The average Bonchev–Trinajstić information content (AvgIpc) is 2.90. The molecule has 0 aliphatic carbocycles. The first-order valence-corrected chi connectivity index (χ1v) is 13.8. The van der Waals surface area contributed by atoms with Crippen molar-refractivity contribution in [1.82, 2.24) is 0 Å². The van der Waals surface area contributed by atoms with Gasteiger partial charge in [-0.1, -0.05) is 70.7 Å². The molecule has 0 heterocycles. The third kappa shape index (κ3) is 13.5. The molecule has 3 N–H and O–H groups in total. The molecule has 0 aliphatic heterocycles. The number of nitrogens with one attached hydrogen (secondary N) is 1. The van der Waals surface area contributed by atoms with Gasteiger partial charge in [0.2, 0.25) is 0 Å². The number of unbranched alkanes of at least 4 members (excludes halogenated alkanes) is 3. The Morgan fingerprint density at radius 1 is 0.816 bits per heavy atom. The van der Waals surface area contributed by atoms with E-state index in [4.69, 9.17) is 5.53 Å². The standard InChI is InChI=1S/C21H28O2.HN13S.V/c1-4-5-6-7-13-21(2,3)17-11-12-19(20(23)15-17)16-9-8-10-18(22)14-16;1-2-3-4-5-6-7-8-9-10-11-12-13-14;/h8-12,14-15,22-23H,4-7,13H2,1-3H3;1H;/b;2-1?,4-3+,6-5+,8-7+,10-9+,12-11+;. The van der Waals surface area contributed by atoms with Gasteiger partial charge < -0.3 is 10.2 Å². The molecule has 0 fully saturated rings. The van der Waals surface area contributed by atoms with Gasteiger partial charge in [0.1, 0.15) is 11.5 Å². The Hall–Kier alpha value is -3.76. The van der Waals surface area contributed by atoms with E-state index >= 15 is 0 Å². The van der Waals surface area contributed by atoms with Gasteiger partial charge in [-0.05, 0) is 46.4 Å². The van der Waals surface area contributed by atoms with Crippen molar-refractivity contribution in [2.45, 2.75) is 58.3 Å². The van der Waals surface area contributed by atoms with E-state index in [0.29, 0.717) is 0 Å². The summed E-state index contributed by atoms with van der Waals surface area (Å²) in [6, 6.07) is 12.9. The Labute approximate surface area is 231 Å². The molecule has 0 aliphatic rings.